The molecule has 1 saturated heterocycles. The number of rotatable bonds is 58. The van der Waals surface area contributed by atoms with E-state index in [0.29, 0.717) is 19.3 Å². The summed E-state index contributed by atoms with van der Waals surface area (Å²) in [5.41, 5.74) is 0. The molecule has 83 heavy (non-hydrogen) atoms. The molecule has 1 fully saturated rings. The molecule has 0 saturated carbocycles. The highest BCUT2D eigenvalue weighted by Gasteiger charge is 2.50. The average Bonchev–Trinajstić information content (AvgIpc) is 3.58. The molecule has 12 nitrogen and oxygen atoms in total. The van der Waals surface area contributed by atoms with Gasteiger partial charge in [-0.3, -0.25) is 14.4 Å². The Balaban J connectivity index is 2.67. The topological polar surface area (TPSA) is 175 Å². The third kappa shape index (κ3) is 48.0. The van der Waals surface area contributed by atoms with Crippen molar-refractivity contribution in [1.29, 1.82) is 0 Å². The average molecular weight is 1170 g/mol. The smallest absolute Gasteiger partial charge is 0.335 e. The summed E-state index contributed by atoms with van der Waals surface area (Å²) < 4.78 is 28.6. The van der Waals surface area contributed by atoms with Gasteiger partial charge in [0.05, 0.1) is 6.61 Å². The van der Waals surface area contributed by atoms with E-state index in [-0.39, 0.29) is 25.9 Å². The van der Waals surface area contributed by atoms with Crippen LogP contribution >= 0.6 is 0 Å². The zero-order valence-corrected chi connectivity index (χ0v) is 52.9. The van der Waals surface area contributed by atoms with Crippen LogP contribution in [0.15, 0.2) is 72.9 Å². The van der Waals surface area contributed by atoms with Gasteiger partial charge < -0.3 is 39.0 Å². The quantitative estimate of drug-likeness (QED) is 0.0228. The van der Waals surface area contributed by atoms with Crippen LogP contribution in [-0.4, -0.2) is 89.2 Å². The summed E-state index contributed by atoms with van der Waals surface area (Å²) in [4.78, 5) is 51.4. The second-order valence-corrected chi connectivity index (χ2v) is 23.1. The molecule has 1 heterocycles. The summed E-state index contributed by atoms with van der Waals surface area (Å²) in [5, 5.41) is 31.6. The molecule has 0 aromatic heterocycles. The normalized spacial score (nSPS) is 18.0. The number of aliphatic hydroxyl groups is 2. The minimum Gasteiger partial charge on any atom is -0.479 e. The number of unbranched alkanes of at least 4 members (excludes halogenated alkanes) is 32. The number of hydrogen-bond donors (Lipinski definition) is 3. The zero-order valence-electron chi connectivity index (χ0n) is 52.9. The predicted molar refractivity (Wildman–Crippen MR) is 340 cm³/mol. The van der Waals surface area contributed by atoms with E-state index in [1.54, 1.807) is 0 Å². The van der Waals surface area contributed by atoms with Crippen molar-refractivity contribution in [1.82, 2.24) is 0 Å². The Hall–Kier alpha value is -3.84. The van der Waals surface area contributed by atoms with Crippen molar-refractivity contribution >= 4 is 23.9 Å². The monoisotopic (exact) mass is 1170 g/mol. The van der Waals surface area contributed by atoms with Gasteiger partial charge in [-0.05, 0) is 89.9 Å². The number of hydrogen-bond acceptors (Lipinski definition) is 11. The lowest BCUT2D eigenvalue weighted by atomic mass is 9.98. The number of aliphatic hydroxyl groups excluding tert-OH is 2. The first-order valence-electron chi connectivity index (χ1n) is 33.9. The number of carboxylic acid groups (broad SMARTS) is 1. The molecule has 0 spiro atoms. The van der Waals surface area contributed by atoms with Crippen LogP contribution in [-0.2, 0) is 42.9 Å². The molecule has 1 rings (SSSR count). The second-order valence-electron chi connectivity index (χ2n) is 23.1. The molecule has 1 aliphatic heterocycles. The summed E-state index contributed by atoms with van der Waals surface area (Å²) in [6.45, 7) is 5.89. The Kier molecular flexibility index (Phi) is 54.4. The van der Waals surface area contributed by atoms with Crippen LogP contribution in [0.25, 0.3) is 0 Å². The van der Waals surface area contributed by atoms with Gasteiger partial charge in [0.15, 0.2) is 24.6 Å². The van der Waals surface area contributed by atoms with E-state index >= 15 is 0 Å². The number of esters is 3. The van der Waals surface area contributed by atoms with E-state index in [0.717, 1.165) is 103 Å². The van der Waals surface area contributed by atoms with Crippen molar-refractivity contribution in [2.24, 2.45) is 0 Å². The molecular formula is C71H122O12. The van der Waals surface area contributed by atoms with Crippen molar-refractivity contribution in [3.63, 3.8) is 0 Å². The zero-order chi connectivity index (χ0) is 60.3. The minimum absolute atomic E-state index is 0.0592. The van der Waals surface area contributed by atoms with Gasteiger partial charge >= 0.3 is 23.9 Å². The summed E-state index contributed by atoms with van der Waals surface area (Å²) in [5.74, 6) is -3.14. The first-order valence-corrected chi connectivity index (χ1v) is 33.9. The van der Waals surface area contributed by atoms with Crippen LogP contribution in [0.4, 0.5) is 0 Å². The van der Waals surface area contributed by atoms with Crippen molar-refractivity contribution in [2.45, 2.75) is 340 Å². The molecule has 0 aromatic rings. The Morgan fingerprint density at radius 3 is 1.18 bits per heavy atom. The van der Waals surface area contributed by atoms with Crippen molar-refractivity contribution in [2.75, 3.05) is 13.2 Å². The molecule has 6 atom stereocenters. The molecule has 0 radical (unpaired) electrons. The lowest BCUT2D eigenvalue weighted by molar-refractivity contribution is -0.301. The van der Waals surface area contributed by atoms with Gasteiger partial charge in [0.1, 0.15) is 18.8 Å². The summed E-state index contributed by atoms with van der Waals surface area (Å²) in [6.07, 6.45) is 62.8. The molecule has 6 unspecified atom stereocenters. The van der Waals surface area contributed by atoms with E-state index in [1.807, 2.05) is 0 Å². The van der Waals surface area contributed by atoms with Gasteiger partial charge in [0, 0.05) is 19.3 Å². The predicted octanol–water partition coefficient (Wildman–Crippen LogP) is 18.5. The molecule has 1 aliphatic rings. The minimum atomic E-state index is -1.91. The number of carbonyl (C=O) groups is 4. The molecule has 12 heteroatoms. The standard InChI is InChI=1S/C71H122O12/c1-4-7-10-13-16-19-22-25-28-30-32-34-37-39-42-45-48-51-54-57-63(72)79-60-62(81-64(73)58-55-52-49-46-43-41-38-35-33-31-29-26-23-20-17-14-11-8-5-2)61-80-71-69(67(76)66(75)68(83-71)70(77)78)82-65(74)59-56-53-50-47-44-40-36-27-24-21-18-15-12-9-6-3/h7,10,16,19,25-26,28-29,32,34,39,42,62,66-69,71,75-76H,4-6,8-9,11-15,17-18,20-24,27,30-31,33,35-38,40-41,43-61H2,1-3H3,(H,77,78)/b10-7-,19-16-,28-25-,29-26-,34-32-,42-39-. The summed E-state index contributed by atoms with van der Waals surface area (Å²) >= 11 is 0. The van der Waals surface area contributed by atoms with Gasteiger partial charge in [-0.1, -0.05) is 267 Å². The van der Waals surface area contributed by atoms with Crippen LogP contribution in [0.1, 0.15) is 303 Å². The molecule has 3 N–H and O–H groups in total. The number of ether oxygens (including phenoxy) is 5. The fraction of sp³-hybridized carbons (Fsp3) is 0.775. The highest BCUT2D eigenvalue weighted by Crippen LogP contribution is 2.27. The Labute approximate surface area is 506 Å². The lowest BCUT2D eigenvalue weighted by Crippen LogP contribution is -2.61. The van der Waals surface area contributed by atoms with Crippen LogP contribution < -0.4 is 0 Å². The number of allylic oxidation sites excluding steroid dienone is 12. The van der Waals surface area contributed by atoms with E-state index in [2.05, 4.69) is 93.7 Å². The fourth-order valence-electron chi connectivity index (χ4n) is 10.1. The largest absolute Gasteiger partial charge is 0.479 e. The summed E-state index contributed by atoms with van der Waals surface area (Å²) in [7, 11) is 0. The van der Waals surface area contributed by atoms with E-state index in [9.17, 15) is 34.5 Å². The van der Waals surface area contributed by atoms with Crippen LogP contribution in [0.3, 0.4) is 0 Å². The van der Waals surface area contributed by atoms with E-state index < -0.39 is 67.3 Å². The van der Waals surface area contributed by atoms with Crippen LogP contribution in [0.2, 0.25) is 0 Å². The van der Waals surface area contributed by atoms with Crippen LogP contribution in [0.5, 0.6) is 0 Å². The molecule has 0 amide bonds. The maximum absolute atomic E-state index is 13.2. The van der Waals surface area contributed by atoms with Crippen molar-refractivity contribution in [3.8, 4) is 0 Å². The maximum atomic E-state index is 13.2. The van der Waals surface area contributed by atoms with Crippen molar-refractivity contribution in [3.05, 3.63) is 72.9 Å². The van der Waals surface area contributed by atoms with E-state index in [1.165, 1.54) is 141 Å². The Bertz CT molecular complexity index is 1720. The number of carboxylic acids is 1. The van der Waals surface area contributed by atoms with Crippen molar-refractivity contribution < 1.29 is 58.2 Å². The van der Waals surface area contributed by atoms with Gasteiger partial charge in [0.2, 0.25) is 0 Å². The summed E-state index contributed by atoms with van der Waals surface area (Å²) in [6, 6.07) is 0. The Morgan fingerprint density at radius 1 is 0.410 bits per heavy atom. The highest BCUT2D eigenvalue weighted by atomic mass is 16.7. The molecule has 0 aromatic carbocycles. The Morgan fingerprint density at radius 2 is 0.759 bits per heavy atom. The number of aliphatic carboxylic acids is 1. The molecule has 0 aliphatic carbocycles. The highest BCUT2D eigenvalue weighted by molar-refractivity contribution is 5.74. The first kappa shape index (κ1) is 77.2. The van der Waals surface area contributed by atoms with Gasteiger partial charge in [-0.15, -0.1) is 0 Å². The third-order valence-corrected chi connectivity index (χ3v) is 15.3. The fourth-order valence-corrected chi connectivity index (χ4v) is 10.1. The third-order valence-electron chi connectivity index (χ3n) is 15.3. The maximum Gasteiger partial charge on any atom is 0.335 e. The number of carbonyl (C=O) groups excluding carboxylic acids is 3. The second kappa shape index (κ2) is 58.5. The molecular weight excluding hydrogens is 1040 g/mol. The van der Waals surface area contributed by atoms with E-state index in [4.69, 9.17) is 23.7 Å². The molecule has 478 valence electrons. The first-order chi connectivity index (χ1) is 40.6. The molecule has 0 bridgehead atoms. The van der Waals surface area contributed by atoms with Gasteiger partial charge in [0.25, 0.3) is 0 Å². The van der Waals surface area contributed by atoms with Gasteiger partial charge in [-0.2, -0.15) is 0 Å². The van der Waals surface area contributed by atoms with Crippen LogP contribution in [0, 0.1) is 0 Å². The van der Waals surface area contributed by atoms with Gasteiger partial charge in [-0.25, -0.2) is 4.79 Å². The SMILES string of the molecule is CC/C=C\C/C=C\C/C=C\C/C=C\C/C=C\CCCCCC(=O)OCC(COC1OC(C(=O)O)C(O)C(O)C1OC(=O)CCCCCCCCCCCCCCCCC)OC(=O)CCCCCCCCCCC/C=C\CCCCCCCC. The lowest BCUT2D eigenvalue weighted by Gasteiger charge is -2.40.